The van der Waals surface area contributed by atoms with Gasteiger partial charge in [0.25, 0.3) is 0 Å². The number of carbonyl (C=O) groups excluding carboxylic acids is 1. The van der Waals surface area contributed by atoms with Crippen LogP contribution in [-0.4, -0.2) is 22.6 Å². The summed E-state index contributed by atoms with van der Waals surface area (Å²) < 4.78 is 3.96. The SMILES string of the molecule is Cn1cc[n+](C)c1[B-]CC(=O)c1ccccn1. The Morgan fingerprint density at radius 2 is 2.35 bits per heavy atom. The molecule has 0 aromatic carbocycles. The molecular weight excluding hydrogens is 213 g/mol. The van der Waals surface area contributed by atoms with E-state index in [0.29, 0.717) is 12.0 Å². The van der Waals surface area contributed by atoms with Gasteiger partial charge in [0.1, 0.15) is 23.9 Å². The van der Waals surface area contributed by atoms with Crippen LogP contribution in [0.1, 0.15) is 10.5 Å². The Morgan fingerprint density at radius 3 is 2.94 bits per heavy atom. The molecule has 5 heteroatoms. The van der Waals surface area contributed by atoms with Crippen molar-refractivity contribution in [3.8, 4) is 0 Å². The Bertz CT molecular complexity index is 502. The van der Waals surface area contributed by atoms with Crippen LogP contribution in [0.2, 0.25) is 6.32 Å². The van der Waals surface area contributed by atoms with Gasteiger partial charge in [0, 0.05) is 11.9 Å². The van der Waals surface area contributed by atoms with E-state index in [0.717, 1.165) is 5.72 Å². The minimum absolute atomic E-state index is 0.0341. The first-order valence-electron chi connectivity index (χ1n) is 5.47. The van der Waals surface area contributed by atoms with Crippen LogP contribution in [0.5, 0.6) is 0 Å². The molecule has 2 rings (SSSR count). The van der Waals surface area contributed by atoms with E-state index in [4.69, 9.17) is 0 Å². The van der Waals surface area contributed by atoms with Crippen molar-refractivity contribution in [2.75, 3.05) is 0 Å². The highest BCUT2D eigenvalue weighted by Gasteiger charge is 2.04. The molecule has 0 N–H and O–H groups in total. The topological polar surface area (TPSA) is 38.8 Å². The molecule has 0 fully saturated rings. The van der Waals surface area contributed by atoms with Crippen molar-refractivity contribution in [2.24, 2.45) is 14.1 Å². The molecule has 0 aliphatic heterocycles. The van der Waals surface area contributed by atoms with Gasteiger partial charge in [-0.25, -0.2) is 0 Å². The molecule has 0 bridgehead atoms. The largest absolute Gasteiger partial charge is 0.296 e. The fourth-order valence-corrected chi connectivity index (χ4v) is 1.71. The molecule has 2 aromatic rings. The molecule has 0 unspecified atom stereocenters. The molecule has 0 atom stereocenters. The highest BCUT2D eigenvalue weighted by Crippen LogP contribution is 1.98. The molecule has 86 valence electrons. The van der Waals surface area contributed by atoms with Crippen molar-refractivity contribution >= 4 is 18.8 Å². The first-order valence-corrected chi connectivity index (χ1v) is 5.47. The molecule has 17 heavy (non-hydrogen) atoms. The number of hydrogen-bond acceptors (Lipinski definition) is 2. The zero-order valence-corrected chi connectivity index (χ0v) is 10.00. The van der Waals surface area contributed by atoms with E-state index in [9.17, 15) is 4.79 Å². The molecular formula is C12H14BN3O. The Labute approximate surface area is 101 Å². The zero-order chi connectivity index (χ0) is 12.3. The summed E-state index contributed by atoms with van der Waals surface area (Å²) in [5.74, 6) is 0.0341. The average molecular weight is 227 g/mol. The van der Waals surface area contributed by atoms with Gasteiger partial charge in [-0.05, 0) is 12.1 Å². The predicted octanol–water partition coefficient (Wildman–Crippen LogP) is -0.125. The van der Waals surface area contributed by atoms with E-state index in [1.807, 2.05) is 49.0 Å². The maximum atomic E-state index is 11.9. The molecule has 4 nitrogen and oxygen atoms in total. The van der Waals surface area contributed by atoms with Crippen molar-refractivity contribution in [3.63, 3.8) is 0 Å². The van der Waals surface area contributed by atoms with Crippen LogP contribution in [0.4, 0.5) is 0 Å². The van der Waals surface area contributed by atoms with Crippen molar-refractivity contribution in [1.29, 1.82) is 0 Å². The van der Waals surface area contributed by atoms with Crippen molar-refractivity contribution in [1.82, 2.24) is 9.55 Å². The van der Waals surface area contributed by atoms with Crippen LogP contribution in [0.15, 0.2) is 36.8 Å². The van der Waals surface area contributed by atoms with Gasteiger partial charge in [-0.15, -0.1) is 0 Å². The second kappa shape index (κ2) is 4.95. The summed E-state index contributed by atoms with van der Waals surface area (Å²) in [7, 11) is 5.82. The number of aryl methyl sites for hydroxylation is 2. The third-order valence-electron chi connectivity index (χ3n) is 2.66. The summed E-state index contributed by atoms with van der Waals surface area (Å²) in [6, 6.07) is 5.36. The van der Waals surface area contributed by atoms with Gasteiger partial charge in [0.05, 0.1) is 14.1 Å². The number of carbonyl (C=O) groups is 1. The molecule has 2 aromatic heterocycles. The number of nitrogens with zero attached hydrogens (tertiary/aromatic N) is 3. The lowest BCUT2D eigenvalue weighted by Gasteiger charge is -2.11. The maximum Gasteiger partial charge on any atom is 0.141 e. The van der Waals surface area contributed by atoms with Gasteiger partial charge < -0.3 is 0 Å². The van der Waals surface area contributed by atoms with Crippen LogP contribution < -0.4 is 10.3 Å². The third kappa shape index (κ3) is 2.61. The lowest BCUT2D eigenvalue weighted by molar-refractivity contribution is -0.653. The molecule has 2 radical (unpaired) electrons. The van der Waals surface area contributed by atoms with Gasteiger partial charge in [-0.2, -0.15) is 13.6 Å². The quantitative estimate of drug-likeness (QED) is 0.414. The van der Waals surface area contributed by atoms with E-state index in [-0.39, 0.29) is 5.78 Å². The van der Waals surface area contributed by atoms with Gasteiger partial charge in [0.2, 0.25) is 0 Å². The lowest BCUT2D eigenvalue weighted by atomic mass is 9.71. The summed E-state index contributed by atoms with van der Waals surface area (Å²) in [6.07, 6.45) is 5.91. The van der Waals surface area contributed by atoms with Crippen LogP contribution in [0.3, 0.4) is 0 Å². The third-order valence-corrected chi connectivity index (χ3v) is 2.66. The van der Waals surface area contributed by atoms with Crippen molar-refractivity contribution < 1.29 is 9.36 Å². The fraction of sp³-hybridized carbons (Fsp3) is 0.250. The lowest BCUT2D eigenvalue weighted by Crippen LogP contribution is -2.49. The molecule has 0 saturated heterocycles. The van der Waals surface area contributed by atoms with E-state index in [1.165, 1.54) is 0 Å². The summed E-state index contributed by atoms with van der Waals surface area (Å²) >= 11 is 0. The van der Waals surface area contributed by atoms with Crippen molar-refractivity contribution in [3.05, 3.63) is 42.5 Å². The van der Waals surface area contributed by atoms with E-state index in [2.05, 4.69) is 4.98 Å². The first kappa shape index (κ1) is 11.6. The Balaban J connectivity index is 2.02. The number of pyridine rings is 1. The Kier molecular flexibility index (Phi) is 3.37. The maximum absolute atomic E-state index is 11.9. The molecule has 0 saturated carbocycles. The molecule has 0 aliphatic rings. The average Bonchev–Trinajstić information content (AvgIpc) is 2.67. The monoisotopic (exact) mass is 227 g/mol. The number of hydrogen-bond donors (Lipinski definition) is 0. The van der Waals surface area contributed by atoms with Crippen LogP contribution in [0, 0.1) is 0 Å². The van der Waals surface area contributed by atoms with Crippen LogP contribution >= 0.6 is 0 Å². The minimum atomic E-state index is 0.0341. The van der Waals surface area contributed by atoms with E-state index >= 15 is 0 Å². The van der Waals surface area contributed by atoms with E-state index < -0.39 is 0 Å². The second-order valence-corrected chi connectivity index (χ2v) is 3.92. The van der Waals surface area contributed by atoms with Gasteiger partial charge in [-0.3, -0.25) is 18.9 Å². The second-order valence-electron chi connectivity index (χ2n) is 3.92. The Morgan fingerprint density at radius 1 is 1.53 bits per heavy atom. The van der Waals surface area contributed by atoms with Gasteiger partial charge in [-0.1, -0.05) is 6.07 Å². The number of aromatic nitrogens is 3. The summed E-state index contributed by atoms with van der Waals surface area (Å²) in [6.45, 7) is 0. The van der Waals surface area contributed by atoms with Crippen LogP contribution in [-0.2, 0) is 14.1 Å². The van der Waals surface area contributed by atoms with Gasteiger partial charge >= 0.3 is 0 Å². The predicted molar refractivity (Wildman–Crippen MR) is 65.4 cm³/mol. The number of imidazole rings is 1. The zero-order valence-electron chi connectivity index (χ0n) is 10.00. The molecule has 2 heterocycles. The minimum Gasteiger partial charge on any atom is -0.296 e. The normalized spacial score (nSPS) is 10.5. The molecule has 0 amide bonds. The fourth-order valence-electron chi connectivity index (χ4n) is 1.71. The summed E-state index contributed by atoms with van der Waals surface area (Å²) in [4.78, 5) is 15.9. The van der Waals surface area contributed by atoms with Crippen LogP contribution in [0.25, 0.3) is 0 Å². The number of ketones is 1. The number of Topliss-reactive ketones (excluding diaryl/α,β-unsaturated/α-hetero) is 1. The molecule has 0 aliphatic carbocycles. The van der Waals surface area contributed by atoms with Crippen molar-refractivity contribution in [2.45, 2.75) is 6.32 Å². The number of rotatable bonds is 4. The smallest absolute Gasteiger partial charge is 0.141 e. The standard InChI is InChI=1S/C12H14BN3O/c1-15-7-8-16(2)12(15)13-9-11(17)10-5-3-4-6-14-10/h3-8H,9H2,1-2H3. The Hall–Kier alpha value is -1.91. The van der Waals surface area contributed by atoms with Gasteiger partial charge in [0.15, 0.2) is 0 Å². The summed E-state index contributed by atoms with van der Waals surface area (Å²) in [5.41, 5.74) is 1.52. The van der Waals surface area contributed by atoms with E-state index in [1.54, 1.807) is 18.3 Å². The highest BCUT2D eigenvalue weighted by molar-refractivity contribution is 6.55. The summed E-state index contributed by atoms with van der Waals surface area (Å²) in [5, 5.41) is 0. The first-order chi connectivity index (χ1) is 8.18. The highest BCUT2D eigenvalue weighted by atomic mass is 16.1. The molecule has 0 spiro atoms.